The van der Waals surface area contributed by atoms with Gasteiger partial charge >= 0.3 is 0 Å². The van der Waals surface area contributed by atoms with E-state index in [4.69, 9.17) is 9.47 Å². The zero-order valence-corrected chi connectivity index (χ0v) is 15.9. The molecule has 4 rings (SSSR count). The highest BCUT2D eigenvalue weighted by Gasteiger charge is 2.31. The van der Waals surface area contributed by atoms with Crippen molar-refractivity contribution >= 4 is 5.69 Å². The van der Waals surface area contributed by atoms with Gasteiger partial charge in [-0.05, 0) is 13.0 Å². The van der Waals surface area contributed by atoms with Crippen molar-refractivity contribution in [3.05, 3.63) is 33.4 Å². The summed E-state index contributed by atoms with van der Waals surface area (Å²) in [4.78, 5) is 18.5. The van der Waals surface area contributed by atoms with E-state index in [1.165, 1.54) is 0 Å². The summed E-state index contributed by atoms with van der Waals surface area (Å²) >= 11 is 0. The van der Waals surface area contributed by atoms with Crippen LogP contribution in [0.25, 0.3) is 0 Å². The van der Waals surface area contributed by atoms with Crippen molar-refractivity contribution in [3.8, 4) is 5.75 Å². The first-order valence-corrected chi connectivity index (χ1v) is 9.83. The van der Waals surface area contributed by atoms with Crippen LogP contribution in [0.5, 0.6) is 5.75 Å². The number of likely N-dealkylation sites (tertiary alicyclic amines) is 1. The summed E-state index contributed by atoms with van der Waals surface area (Å²) in [5, 5.41) is 11.3. The maximum absolute atomic E-state index is 11.3. The molecular weight excluding hydrogens is 348 g/mol. The Morgan fingerprint density at radius 2 is 2.00 bits per heavy atom. The molecule has 3 aliphatic rings. The lowest BCUT2D eigenvalue weighted by Crippen LogP contribution is -2.50. The highest BCUT2D eigenvalue weighted by molar-refractivity contribution is 5.50. The standard InChI is InChI=1S/C19H28N4O4/c1-2-20-5-7-22(8-6-20)17-3-4-21(12-17)11-15-9-18(23(24)25)10-16-13-26-14-27-19(15)16/h9-10,17H,2-8,11-14H2,1H3. The average molecular weight is 376 g/mol. The normalized spacial score (nSPS) is 24.6. The number of non-ortho nitro benzene ring substituents is 1. The monoisotopic (exact) mass is 376 g/mol. The summed E-state index contributed by atoms with van der Waals surface area (Å²) in [5.41, 5.74) is 1.79. The van der Waals surface area contributed by atoms with Gasteiger partial charge in [-0.15, -0.1) is 0 Å². The van der Waals surface area contributed by atoms with Gasteiger partial charge in [0.25, 0.3) is 5.69 Å². The van der Waals surface area contributed by atoms with Gasteiger partial charge in [0, 0.05) is 75.1 Å². The number of piperazine rings is 1. The maximum atomic E-state index is 11.3. The van der Waals surface area contributed by atoms with Gasteiger partial charge in [-0.1, -0.05) is 6.92 Å². The molecule has 0 bridgehead atoms. The molecule has 1 aromatic rings. The van der Waals surface area contributed by atoms with E-state index >= 15 is 0 Å². The molecule has 1 aromatic carbocycles. The molecule has 0 N–H and O–H groups in total. The van der Waals surface area contributed by atoms with Crippen LogP contribution in [0.4, 0.5) is 5.69 Å². The van der Waals surface area contributed by atoms with Gasteiger partial charge in [0.1, 0.15) is 5.75 Å². The number of likely N-dealkylation sites (N-methyl/N-ethyl adjacent to an activating group) is 1. The number of benzene rings is 1. The molecule has 8 heteroatoms. The van der Waals surface area contributed by atoms with Crippen LogP contribution in [0.15, 0.2) is 12.1 Å². The first-order chi connectivity index (χ1) is 13.1. The lowest BCUT2D eigenvalue weighted by Gasteiger charge is -2.37. The summed E-state index contributed by atoms with van der Waals surface area (Å²) < 4.78 is 11.0. The van der Waals surface area contributed by atoms with Crippen LogP contribution < -0.4 is 4.74 Å². The average Bonchev–Trinajstić information content (AvgIpc) is 3.16. The molecule has 8 nitrogen and oxygen atoms in total. The Hall–Kier alpha value is -1.74. The number of nitro groups is 1. The van der Waals surface area contributed by atoms with Gasteiger partial charge in [0.15, 0.2) is 6.79 Å². The lowest BCUT2D eigenvalue weighted by molar-refractivity contribution is -0.385. The van der Waals surface area contributed by atoms with Crippen LogP contribution in [-0.2, 0) is 17.9 Å². The third-order valence-electron chi connectivity index (χ3n) is 5.99. The minimum atomic E-state index is -0.335. The van der Waals surface area contributed by atoms with Gasteiger partial charge < -0.3 is 14.4 Å². The molecule has 0 aromatic heterocycles. The van der Waals surface area contributed by atoms with E-state index in [1.54, 1.807) is 12.1 Å². The molecule has 0 amide bonds. The Morgan fingerprint density at radius 3 is 2.74 bits per heavy atom. The number of nitrogens with zero attached hydrogens (tertiary/aromatic N) is 4. The molecule has 2 fully saturated rings. The topological polar surface area (TPSA) is 71.3 Å². The fourth-order valence-electron chi connectivity index (χ4n) is 4.44. The summed E-state index contributed by atoms with van der Waals surface area (Å²) in [5.74, 6) is 0.770. The smallest absolute Gasteiger partial charge is 0.270 e. The zero-order chi connectivity index (χ0) is 18.8. The Kier molecular flexibility index (Phi) is 5.58. The van der Waals surface area contributed by atoms with Crippen molar-refractivity contribution in [1.82, 2.24) is 14.7 Å². The number of nitro benzene ring substituents is 1. The van der Waals surface area contributed by atoms with Gasteiger partial charge in [-0.25, -0.2) is 0 Å². The SMILES string of the molecule is CCN1CCN(C2CCN(Cc3cc([N+](=O)[O-])cc4c3OCOC4)C2)CC1. The van der Waals surface area contributed by atoms with Crippen LogP contribution in [0, 0.1) is 10.1 Å². The first kappa shape index (κ1) is 18.6. The van der Waals surface area contributed by atoms with Crippen molar-refractivity contribution in [1.29, 1.82) is 0 Å². The third-order valence-corrected chi connectivity index (χ3v) is 5.99. The number of ether oxygens (including phenoxy) is 2. The van der Waals surface area contributed by atoms with Crippen LogP contribution in [-0.4, -0.2) is 78.3 Å². The number of hydrogen-bond donors (Lipinski definition) is 0. The minimum absolute atomic E-state index is 0.115. The van der Waals surface area contributed by atoms with Crippen molar-refractivity contribution in [2.24, 2.45) is 0 Å². The number of rotatable bonds is 5. The van der Waals surface area contributed by atoms with Gasteiger partial charge in [0.2, 0.25) is 0 Å². The quantitative estimate of drug-likeness (QED) is 0.572. The molecule has 0 spiro atoms. The van der Waals surface area contributed by atoms with Crippen LogP contribution in [0.1, 0.15) is 24.5 Å². The molecule has 1 atom stereocenters. The Balaban J connectivity index is 1.42. The molecule has 1 unspecified atom stereocenters. The molecule has 0 aliphatic carbocycles. The largest absolute Gasteiger partial charge is 0.467 e. The fourth-order valence-corrected chi connectivity index (χ4v) is 4.44. The first-order valence-electron chi connectivity index (χ1n) is 9.83. The predicted molar refractivity (Wildman–Crippen MR) is 101 cm³/mol. The zero-order valence-electron chi connectivity index (χ0n) is 15.9. The maximum Gasteiger partial charge on any atom is 0.270 e. The van der Waals surface area contributed by atoms with E-state index in [-0.39, 0.29) is 17.4 Å². The molecule has 27 heavy (non-hydrogen) atoms. The van der Waals surface area contributed by atoms with E-state index in [1.807, 2.05) is 0 Å². The minimum Gasteiger partial charge on any atom is -0.467 e. The summed E-state index contributed by atoms with van der Waals surface area (Å²) in [6.45, 7) is 11.2. The molecule has 0 radical (unpaired) electrons. The van der Waals surface area contributed by atoms with Crippen molar-refractivity contribution in [3.63, 3.8) is 0 Å². The Morgan fingerprint density at radius 1 is 1.19 bits per heavy atom. The highest BCUT2D eigenvalue weighted by atomic mass is 16.7. The van der Waals surface area contributed by atoms with E-state index in [0.717, 1.165) is 69.1 Å². The molecule has 3 heterocycles. The van der Waals surface area contributed by atoms with Crippen molar-refractivity contribution in [2.45, 2.75) is 32.5 Å². The molecule has 148 valence electrons. The van der Waals surface area contributed by atoms with Crippen molar-refractivity contribution < 1.29 is 14.4 Å². The van der Waals surface area contributed by atoms with Gasteiger partial charge in [0.05, 0.1) is 11.5 Å². The molecule has 3 aliphatic heterocycles. The van der Waals surface area contributed by atoms with E-state index < -0.39 is 0 Å². The van der Waals surface area contributed by atoms with E-state index in [2.05, 4.69) is 21.6 Å². The molecule has 0 saturated carbocycles. The van der Waals surface area contributed by atoms with Gasteiger partial charge in [-0.3, -0.25) is 19.9 Å². The number of fused-ring (bicyclic) bond motifs is 1. The fraction of sp³-hybridized carbons (Fsp3) is 0.684. The second kappa shape index (κ2) is 8.10. The van der Waals surface area contributed by atoms with E-state index in [9.17, 15) is 10.1 Å². The third kappa shape index (κ3) is 4.08. The van der Waals surface area contributed by atoms with Gasteiger partial charge in [-0.2, -0.15) is 0 Å². The Bertz CT molecular complexity index is 691. The van der Waals surface area contributed by atoms with Crippen molar-refractivity contribution in [2.75, 3.05) is 52.6 Å². The molecular formula is C19H28N4O4. The molecule has 2 saturated heterocycles. The number of hydrogen-bond acceptors (Lipinski definition) is 7. The summed E-state index contributed by atoms with van der Waals surface area (Å²) in [6.07, 6.45) is 1.16. The van der Waals surface area contributed by atoms with Crippen LogP contribution >= 0.6 is 0 Å². The lowest BCUT2D eigenvalue weighted by atomic mass is 10.1. The predicted octanol–water partition coefficient (Wildman–Crippen LogP) is 1.67. The summed E-state index contributed by atoms with van der Waals surface area (Å²) in [7, 11) is 0. The second-order valence-electron chi connectivity index (χ2n) is 7.61. The van der Waals surface area contributed by atoms with E-state index in [0.29, 0.717) is 19.2 Å². The van der Waals surface area contributed by atoms with Crippen LogP contribution in [0.2, 0.25) is 0 Å². The van der Waals surface area contributed by atoms with Crippen LogP contribution in [0.3, 0.4) is 0 Å². The Labute approximate surface area is 159 Å². The second-order valence-corrected chi connectivity index (χ2v) is 7.61. The summed E-state index contributed by atoms with van der Waals surface area (Å²) in [6, 6.07) is 3.82. The highest BCUT2D eigenvalue weighted by Crippen LogP contribution is 2.34.